The minimum Gasteiger partial charge on any atom is -0.480 e. The number of carboxylic acids is 1. The lowest BCUT2D eigenvalue weighted by atomic mass is 9.89. The van der Waals surface area contributed by atoms with Gasteiger partial charge in [-0.15, -0.1) is 0 Å². The second kappa shape index (κ2) is 10.9. The van der Waals surface area contributed by atoms with E-state index in [0.29, 0.717) is 6.42 Å². The van der Waals surface area contributed by atoms with Crippen molar-refractivity contribution in [2.45, 2.75) is 53.0 Å². The Morgan fingerprint density at radius 3 is 2.09 bits per heavy atom. The summed E-state index contributed by atoms with van der Waals surface area (Å²) in [5.41, 5.74) is 0. The van der Waals surface area contributed by atoms with E-state index in [-0.39, 0.29) is 43.5 Å². The van der Waals surface area contributed by atoms with Crippen LogP contribution < -0.4 is 5.32 Å². The van der Waals surface area contributed by atoms with E-state index in [9.17, 15) is 19.2 Å². The van der Waals surface area contributed by atoms with Gasteiger partial charge in [-0.2, -0.15) is 0 Å². The smallest absolute Gasteiger partial charge is 0.325 e. The number of carboxylic acid groups (broad SMARTS) is 1. The molecule has 0 unspecified atom stereocenters. The molecule has 23 heavy (non-hydrogen) atoms. The van der Waals surface area contributed by atoms with Crippen LogP contribution in [0.5, 0.6) is 0 Å². The predicted octanol–water partition coefficient (Wildman–Crippen LogP) is 1.19. The summed E-state index contributed by atoms with van der Waals surface area (Å²) in [5.74, 6) is -2.29. The average Bonchev–Trinajstić information content (AvgIpc) is 2.43. The zero-order chi connectivity index (χ0) is 18.0. The Morgan fingerprint density at radius 1 is 1.04 bits per heavy atom. The highest BCUT2D eigenvalue weighted by atomic mass is 16.5. The molecule has 0 fully saturated rings. The molecule has 0 saturated heterocycles. The SMILES string of the molecule is CC(=O)CCOCCC(=O)C[C@H](C(=O)N[C@@H](C)C(=O)O)C(C)C. The molecule has 2 atom stereocenters. The second-order valence-electron chi connectivity index (χ2n) is 5.98. The fourth-order valence-electron chi connectivity index (χ4n) is 1.86. The fourth-order valence-corrected chi connectivity index (χ4v) is 1.86. The van der Waals surface area contributed by atoms with Crippen molar-refractivity contribution in [2.75, 3.05) is 13.2 Å². The number of carbonyl (C=O) groups is 4. The summed E-state index contributed by atoms with van der Waals surface area (Å²) < 4.78 is 5.19. The number of rotatable bonds is 12. The van der Waals surface area contributed by atoms with Crippen molar-refractivity contribution < 1.29 is 29.0 Å². The maximum absolute atomic E-state index is 12.1. The van der Waals surface area contributed by atoms with Crippen molar-refractivity contribution in [3.63, 3.8) is 0 Å². The first kappa shape index (κ1) is 21.2. The van der Waals surface area contributed by atoms with Gasteiger partial charge in [0.05, 0.1) is 13.2 Å². The van der Waals surface area contributed by atoms with Crippen LogP contribution in [0.25, 0.3) is 0 Å². The molecule has 1 amide bonds. The Labute approximate surface area is 136 Å². The molecule has 0 aromatic carbocycles. The van der Waals surface area contributed by atoms with Crippen LogP contribution in [0.4, 0.5) is 0 Å². The quantitative estimate of drug-likeness (QED) is 0.521. The first-order valence-corrected chi connectivity index (χ1v) is 7.77. The molecular weight excluding hydrogens is 302 g/mol. The molecule has 0 aliphatic rings. The number of hydrogen-bond donors (Lipinski definition) is 2. The van der Waals surface area contributed by atoms with Gasteiger partial charge in [0, 0.05) is 25.2 Å². The van der Waals surface area contributed by atoms with Gasteiger partial charge < -0.3 is 15.2 Å². The Kier molecular flexibility index (Phi) is 10.0. The van der Waals surface area contributed by atoms with Crippen LogP contribution in [0.3, 0.4) is 0 Å². The molecule has 2 N–H and O–H groups in total. The van der Waals surface area contributed by atoms with Crippen molar-refractivity contribution in [3.8, 4) is 0 Å². The van der Waals surface area contributed by atoms with Crippen LogP contribution in [-0.4, -0.2) is 47.8 Å². The monoisotopic (exact) mass is 329 g/mol. The van der Waals surface area contributed by atoms with E-state index in [4.69, 9.17) is 9.84 Å². The number of carbonyl (C=O) groups excluding carboxylic acids is 3. The lowest BCUT2D eigenvalue weighted by Crippen LogP contribution is -2.43. The third-order valence-corrected chi connectivity index (χ3v) is 3.44. The van der Waals surface area contributed by atoms with Crippen molar-refractivity contribution >= 4 is 23.4 Å². The van der Waals surface area contributed by atoms with Gasteiger partial charge >= 0.3 is 5.97 Å². The predicted molar refractivity (Wildman–Crippen MR) is 83.9 cm³/mol. The zero-order valence-electron chi connectivity index (χ0n) is 14.3. The summed E-state index contributed by atoms with van der Waals surface area (Å²) in [7, 11) is 0. The minimum absolute atomic E-state index is 0.0282. The Hall–Kier alpha value is -1.76. The molecule has 0 aliphatic heterocycles. The van der Waals surface area contributed by atoms with E-state index >= 15 is 0 Å². The van der Waals surface area contributed by atoms with Gasteiger partial charge in [0.25, 0.3) is 0 Å². The zero-order valence-corrected chi connectivity index (χ0v) is 14.3. The van der Waals surface area contributed by atoms with Gasteiger partial charge in [0.1, 0.15) is 17.6 Å². The van der Waals surface area contributed by atoms with Gasteiger partial charge in [0.2, 0.25) is 5.91 Å². The molecule has 0 rings (SSSR count). The highest BCUT2D eigenvalue weighted by molar-refractivity contribution is 5.89. The summed E-state index contributed by atoms with van der Waals surface area (Å²) in [5, 5.41) is 11.2. The molecule has 132 valence electrons. The summed E-state index contributed by atoms with van der Waals surface area (Å²) in [4.78, 5) is 45.5. The second-order valence-corrected chi connectivity index (χ2v) is 5.98. The summed E-state index contributed by atoms with van der Waals surface area (Å²) in [6.07, 6.45) is 0.535. The van der Waals surface area contributed by atoms with Gasteiger partial charge in [-0.1, -0.05) is 13.8 Å². The van der Waals surface area contributed by atoms with E-state index in [1.807, 2.05) is 13.8 Å². The number of hydrogen-bond acceptors (Lipinski definition) is 5. The van der Waals surface area contributed by atoms with Gasteiger partial charge in [-0.05, 0) is 19.8 Å². The van der Waals surface area contributed by atoms with E-state index in [1.54, 1.807) is 0 Å². The first-order valence-electron chi connectivity index (χ1n) is 7.77. The fraction of sp³-hybridized carbons (Fsp3) is 0.750. The molecule has 0 aromatic heterocycles. The number of Topliss-reactive ketones (excluding diaryl/α,β-unsaturated/α-hetero) is 2. The van der Waals surface area contributed by atoms with Crippen molar-refractivity contribution in [1.82, 2.24) is 5.32 Å². The number of ether oxygens (including phenoxy) is 1. The summed E-state index contributed by atoms with van der Waals surface area (Å²) in [6, 6.07) is -0.992. The van der Waals surface area contributed by atoms with Crippen molar-refractivity contribution in [1.29, 1.82) is 0 Å². The molecule has 0 saturated carbocycles. The highest BCUT2D eigenvalue weighted by Crippen LogP contribution is 2.17. The Morgan fingerprint density at radius 2 is 1.61 bits per heavy atom. The Bertz CT molecular complexity index is 432. The Balaban J connectivity index is 4.30. The van der Waals surface area contributed by atoms with Crippen LogP contribution in [0, 0.1) is 11.8 Å². The largest absolute Gasteiger partial charge is 0.480 e. The van der Waals surface area contributed by atoms with Crippen LogP contribution in [0.1, 0.15) is 47.0 Å². The molecule has 0 heterocycles. The molecule has 0 radical (unpaired) electrons. The summed E-state index contributed by atoms with van der Waals surface area (Å²) in [6.45, 7) is 6.97. The molecular formula is C16H27NO6. The van der Waals surface area contributed by atoms with E-state index in [0.717, 1.165) is 0 Å². The van der Waals surface area contributed by atoms with Crippen LogP contribution in [0.2, 0.25) is 0 Å². The molecule has 0 aromatic rings. The summed E-state index contributed by atoms with van der Waals surface area (Å²) >= 11 is 0. The van der Waals surface area contributed by atoms with Crippen molar-refractivity contribution in [3.05, 3.63) is 0 Å². The third kappa shape index (κ3) is 9.78. The number of nitrogens with one attached hydrogen (secondary N) is 1. The molecule has 0 spiro atoms. The van der Waals surface area contributed by atoms with Gasteiger partial charge in [0.15, 0.2) is 0 Å². The standard InChI is InChI=1S/C16H27NO6/c1-10(2)14(15(20)17-12(4)16(21)22)9-13(19)6-8-23-7-5-11(3)18/h10,12,14H,5-9H2,1-4H3,(H,17,20)(H,21,22)/t12-,14-/m0/s1. The first-order chi connectivity index (χ1) is 10.6. The van der Waals surface area contributed by atoms with Crippen molar-refractivity contribution in [2.24, 2.45) is 11.8 Å². The van der Waals surface area contributed by atoms with Crippen LogP contribution >= 0.6 is 0 Å². The normalized spacial score (nSPS) is 13.4. The minimum atomic E-state index is -1.12. The van der Waals surface area contributed by atoms with Gasteiger partial charge in [-0.25, -0.2) is 0 Å². The highest BCUT2D eigenvalue weighted by Gasteiger charge is 2.27. The molecule has 7 nitrogen and oxygen atoms in total. The third-order valence-electron chi connectivity index (χ3n) is 3.44. The maximum atomic E-state index is 12.1. The number of amides is 1. The number of ketones is 2. The lowest BCUT2D eigenvalue weighted by Gasteiger charge is -2.21. The molecule has 0 bridgehead atoms. The van der Waals surface area contributed by atoms with Crippen LogP contribution in [-0.2, 0) is 23.9 Å². The van der Waals surface area contributed by atoms with E-state index < -0.39 is 23.8 Å². The van der Waals surface area contributed by atoms with E-state index in [1.165, 1.54) is 13.8 Å². The molecule has 0 aliphatic carbocycles. The van der Waals surface area contributed by atoms with E-state index in [2.05, 4.69) is 5.32 Å². The molecule has 7 heteroatoms. The maximum Gasteiger partial charge on any atom is 0.325 e. The van der Waals surface area contributed by atoms with Gasteiger partial charge in [-0.3, -0.25) is 19.2 Å². The average molecular weight is 329 g/mol. The van der Waals surface area contributed by atoms with Crippen LogP contribution in [0.15, 0.2) is 0 Å². The topological polar surface area (TPSA) is 110 Å². The number of aliphatic carboxylic acids is 1. The lowest BCUT2D eigenvalue weighted by molar-refractivity contribution is -0.142.